The molecule has 0 bridgehead atoms. The summed E-state index contributed by atoms with van der Waals surface area (Å²) < 4.78 is 17.7. The maximum absolute atomic E-state index is 13.5. The van der Waals surface area contributed by atoms with Gasteiger partial charge in [0.05, 0.1) is 25.4 Å². The van der Waals surface area contributed by atoms with Gasteiger partial charge in [-0.3, -0.25) is 9.59 Å². The van der Waals surface area contributed by atoms with E-state index in [1.54, 1.807) is 6.08 Å². The molecule has 6 N–H and O–H groups in total. The topological polar surface area (TPSA) is 175 Å². The number of carbonyl (C=O) groups is 2. The normalized spacial score (nSPS) is 18.5. The molecule has 1 rings (SSSR count). The molecule has 11 nitrogen and oxygen atoms in total. The first-order chi connectivity index (χ1) is 45.2. The number of aliphatic hydroxyl groups is 5. The lowest BCUT2D eigenvalue weighted by molar-refractivity contribution is -0.305. The van der Waals surface area contributed by atoms with Gasteiger partial charge >= 0.3 is 5.97 Å². The van der Waals surface area contributed by atoms with Crippen molar-refractivity contribution in [3.05, 3.63) is 97.2 Å². The fourth-order valence-corrected chi connectivity index (χ4v) is 11.7. The average molecular weight is 1290 g/mol. The van der Waals surface area contributed by atoms with Crippen molar-refractivity contribution in [3.8, 4) is 0 Å². The summed E-state index contributed by atoms with van der Waals surface area (Å²) in [5, 5.41) is 57.4. The summed E-state index contributed by atoms with van der Waals surface area (Å²) in [7, 11) is 0. The molecule has 0 radical (unpaired) electrons. The fourth-order valence-electron chi connectivity index (χ4n) is 11.7. The Morgan fingerprint density at radius 3 is 1.18 bits per heavy atom. The van der Waals surface area contributed by atoms with Crippen LogP contribution in [0.2, 0.25) is 0 Å². The van der Waals surface area contributed by atoms with Crippen molar-refractivity contribution in [2.45, 2.75) is 391 Å². The molecule has 92 heavy (non-hydrogen) atoms. The monoisotopic (exact) mass is 1290 g/mol. The van der Waals surface area contributed by atoms with Crippen LogP contribution in [0.1, 0.15) is 342 Å². The third kappa shape index (κ3) is 53.8. The molecule has 1 saturated heterocycles. The summed E-state index contributed by atoms with van der Waals surface area (Å²) in [5.41, 5.74) is 0. The third-order valence-corrected chi connectivity index (χ3v) is 17.7. The minimum Gasteiger partial charge on any atom is -0.454 e. The number of hydrogen-bond acceptors (Lipinski definition) is 10. The molecule has 1 aliphatic heterocycles. The van der Waals surface area contributed by atoms with Crippen LogP contribution in [-0.2, 0) is 23.8 Å². The molecule has 0 spiro atoms. The van der Waals surface area contributed by atoms with Crippen LogP contribution in [0.4, 0.5) is 0 Å². The second kappa shape index (κ2) is 67.6. The van der Waals surface area contributed by atoms with Gasteiger partial charge in [-0.1, -0.05) is 330 Å². The molecule has 0 aromatic rings. The standard InChI is InChI=1S/C81H143NO10/c1-4-7-10-13-16-19-22-25-27-29-31-33-35-37-38-39-41-43-45-47-49-51-54-57-60-63-66-69-76(86)92-79-78(88)77(87)75(70-83)91-81(79)90-71-72(73(84)67-64-61-58-55-52-24-21-18-15-12-9-6-3)82-80(89)74(85)68-65-62-59-56-53-50-48-46-44-42-40-36-34-32-30-28-26-23-20-17-14-11-8-5-2/h7,10,16,19,25-28,31,33,37-38,41,43,64,67,72-75,77-79,81,83-85,87-88H,4-6,8-9,11-15,17-18,20-24,29-30,32,34-36,39-40,42,44-63,65-66,68-71H2,1-3H3,(H,82,89)/b10-7-,19-16-,27-25-,28-26+,33-31-,38-37-,43-41-,67-64+. The summed E-state index contributed by atoms with van der Waals surface area (Å²) in [6.07, 6.45) is 81.6. The summed E-state index contributed by atoms with van der Waals surface area (Å²) in [6, 6.07) is -1.03. The lowest BCUT2D eigenvalue weighted by Gasteiger charge is -2.41. The number of hydrogen-bond donors (Lipinski definition) is 6. The summed E-state index contributed by atoms with van der Waals surface area (Å²) in [5.74, 6) is -1.20. The van der Waals surface area contributed by atoms with Gasteiger partial charge in [-0.2, -0.15) is 0 Å². The van der Waals surface area contributed by atoms with Crippen molar-refractivity contribution in [2.75, 3.05) is 13.2 Å². The Hall–Kier alpha value is -3.42. The lowest BCUT2D eigenvalue weighted by Crippen LogP contribution is -2.61. The maximum atomic E-state index is 13.5. The second-order valence-electron chi connectivity index (χ2n) is 26.4. The largest absolute Gasteiger partial charge is 0.454 e. The Morgan fingerprint density at radius 1 is 0.435 bits per heavy atom. The van der Waals surface area contributed by atoms with E-state index in [0.717, 1.165) is 109 Å². The lowest BCUT2D eigenvalue weighted by atomic mass is 9.99. The predicted molar refractivity (Wildman–Crippen MR) is 389 cm³/mol. The van der Waals surface area contributed by atoms with Gasteiger partial charge in [0.25, 0.3) is 0 Å². The number of esters is 1. The minimum atomic E-state index is -1.62. The number of allylic oxidation sites excluding steroid dienone is 15. The van der Waals surface area contributed by atoms with E-state index in [1.165, 1.54) is 186 Å². The Kier molecular flexibility index (Phi) is 63.6. The van der Waals surface area contributed by atoms with Crippen LogP contribution in [-0.4, -0.2) is 99.6 Å². The predicted octanol–water partition coefficient (Wildman–Crippen LogP) is 20.6. The average Bonchev–Trinajstić information content (AvgIpc) is 0.875. The number of aliphatic hydroxyl groups excluding tert-OH is 5. The van der Waals surface area contributed by atoms with Crippen molar-refractivity contribution >= 4 is 11.9 Å². The summed E-state index contributed by atoms with van der Waals surface area (Å²) in [6.45, 7) is 5.71. The third-order valence-electron chi connectivity index (χ3n) is 17.7. The zero-order chi connectivity index (χ0) is 66.7. The van der Waals surface area contributed by atoms with Gasteiger partial charge in [-0.25, -0.2) is 0 Å². The van der Waals surface area contributed by atoms with Crippen molar-refractivity contribution in [2.24, 2.45) is 0 Å². The molecular formula is C81H143NO10. The Bertz CT molecular complexity index is 1870. The van der Waals surface area contributed by atoms with Crippen LogP contribution in [0, 0.1) is 0 Å². The van der Waals surface area contributed by atoms with Crippen molar-refractivity contribution < 1.29 is 49.3 Å². The van der Waals surface area contributed by atoms with E-state index in [2.05, 4.69) is 111 Å². The molecule has 11 heteroatoms. The maximum Gasteiger partial charge on any atom is 0.306 e. The van der Waals surface area contributed by atoms with Gasteiger partial charge < -0.3 is 45.1 Å². The van der Waals surface area contributed by atoms with Crippen molar-refractivity contribution in [1.82, 2.24) is 5.32 Å². The molecule has 8 unspecified atom stereocenters. The van der Waals surface area contributed by atoms with Crippen LogP contribution in [0.25, 0.3) is 0 Å². The quantitative estimate of drug-likeness (QED) is 0.0195. The highest BCUT2D eigenvalue weighted by molar-refractivity contribution is 5.80. The molecular weight excluding hydrogens is 1150 g/mol. The number of nitrogens with one attached hydrogen (secondary N) is 1. The van der Waals surface area contributed by atoms with E-state index in [9.17, 15) is 35.1 Å². The van der Waals surface area contributed by atoms with Gasteiger partial charge in [0.15, 0.2) is 12.4 Å². The summed E-state index contributed by atoms with van der Waals surface area (Å²) >= 11 is 0. The first-order valence-corrected chi connectivity index (χ1v) is 38.5. The van der Waals surface area contributed by atoms with E-state index in [4.69, 9.17) is 14.2 Å². The van der Waals surface area contributed by atoms with E-state index < -0.39 is 67.4 Å². The molecule has 1 amide bonds. The fraction of sp³-hybridized carbons (Fsp3) is 0.778. The smallest absolute Gasteiger partial charge is 0.306 e. The molecule has 8 atom stereocenters. The Morgan fingerprint density at radius 2 is 0.783 bits per heavy atom. The molecule has 1 fully saturated rings. The highest BCUT2D eigenvalue weighted by Crippen LogP contribution is 2.26. The van der Waals surface area contributed by atoms with Crippen LogP contribution in [0.3, 0.4) is 0 Å². The Balaban J connectivity index is 2.53. The first kappa shape index (κ1) is 86.6. The van der Waals surface area contributed by atoms with E-state index >= 15 is 0 Å². The SMILES string of the molecule is CC/C=C\C/C=C\C/C=C\C/C=C\C/C=C\C/C=C\CCCCCCCCCCC(=O)OC1C(OCC(NC(=O)C(O)CCCCCCCCCCCCCCCC/C=C/CCCCCCCC)C(O)/C=C/CCCCCCCCCCCC)OC(CO)C(O)C1O. The minimum absolute atomic E-state index is 0.110. The van der Waals surface area contributed by atoms with Crippen LogP contribution in [0.5, 0.6) is 0 Å². The van der Waals surface area contributed by atoms with Gasteiger partial charge in [-0.15, -0.1) is 0 Å². The molecule has 0 aromatic carbocycles. The Labute approximate surface area is 565 Å². The highest BCUT2D eigenvalue weighted by atomic mass is 16.7. The van der Waals surface area contributed by atoms with Gasteiger partial charge in [0.2, 0.25) is 5.91 Å². The van der Waals surface area contributed by atoms with Gasteiger partial charge in [0.1, 0.15) is 24.4 Å². The number of amides is 1. The molecule has 0 saturated carbocycles. The zero-order valence-electron chi connectivity index (χ0n) is 59.4. The summed E-state index contributed by atoms with van der Waals surface area (Å²) in [4.78, 5) is 26.8. The molecule has 1 heterocycles. The van der Waals surface area contributed by atoms with Crippen LogP contribution >= 0.6 is 0 Å². The molecule has 0 aliphatic carbocycles. The molecule has 532 valence electrons. The van der Waals surface area contributed by atoms with Crippen LogP contribution < -0.4 is 5.32 Å². The first-order valence-electron chi connectivity index (χ1n) is 38.5. The highest BCUT2D eigenvalue weighted by Gasteiger charge is 2.47. The van der Waals surface area contributed by atoms with E-state index in [0.29, 0.717) is 19.3 Å². The van der Waals surface area contributed by atoms with Crippen molar-refractivity contribution in [1.29, 1.82) is 0 Å². The van der Waals surface area contributed by atoms with E-state index in [1.807, 2.05) is 6.08 Å². The number of rotatable bonds is 66. The van der Waals surface area contributed by atoms with Crippen LogP contribution in [0.15, 0.2) is 97.2 Å². The number of carbonyl (C=O) groups excluding carboxylic acids is 2. The van der Waals surface area contributed by atoms with Gasteiger partial charge in [-0.05, 0) is 103 Å². The van der Waals surface area contributed by atoms with Gasteiger partial charge in [0, 0.05) is 6.42 Å². The molecule has 0 aromatic heterocycles. The zero-order valence-corrected chi connectivity index (χ0v) is 59.4. The van der Waals surface area contributed by atoms with E-state index in [-0.39, 0.29) is 13.0 Å². The molecule has 1 aliphatic rings. The second-order valence-corrected chi connectivity index (χ2v) is 26.4. The number of ether oxygens (including phenoxy) is 3. The van der Waals surface area contributed by atoms with Crippen molar-refractivity contribution in [3.63, 3.8) is 0 Å². The number of unbranched alkanes of at least 4 members (excludes halogenated alkanes) is 38.